The Morgan fingerprint density at radius 2 is 2.31 bits per heavy atom. The Morgan fingerprint density at radius 1 is 1.50 bits per heavy atom. The molecule has 0 bridgehead atoms. The number of ether oxygens (including phenoxy) is 1. The molecule has 0 aromatic rings. The maximum absolute atomic E-state index is 12.0. The summed E-state index contributed by atoms with van der Waals surface area (Å²) in [5.41, 5.74) is 0. The fourth-order valence-corrected chi connectivity index (χ4v) is 2.58. The van der Waals surface area contributed by atoms with E-state index in [1.807, 2.05) is 6.92 Å². The van der Waals surface area contributed by atoms with E-state index >= 15 is 0 Å². The van der Waals surface area contributed by atoms with Crippen LogP contribution in [0.4, 0.5) is 0 Å². The molecule has 4 atom stereocenters. The first kappa shape index (κ1) is 11.9. The summed E-state index contributed by atoms with van der Waals surface area (Å²) in [6.45, 7) is 6.77. The van der Waals surface area contributed by atoms with Crippen molar-refractivity contribution in [1.82, 2.24) is 10.6 Å². The van der Waals surface area contributed by atoms with Gasteiger partial charge in [-0.15, -0.1) is 0 Å². The van der Waals surface area contributed by atoms with E-state index in [2.05, 4.69) is 17.6 Å². The van der Waals surface area contributed by atoms with Crippen molar-refractivity contribution in [2.75, 3.05) is 19.7 Å². The van der Waals surface area contributed by atoms with Gasteiger partial charge in [-0.05, 0) is 32.2 Å². The minimum Gasteiger partial charge on any atom is -0.376 e. The van der Waals surface area contributed by atoms with E-state index in [9.17, 15) is 4.79 Å². The van der Waals surface area contributed by atoms with Crippen LogP contribution in [-0.4, -0.2) is 37.7 Å². The molecule has 4 unspecified atom stereocenters. The smallest absolute Gasteiger partial charge is 0.225 e. The zero-order chi connectivity index (χ0) is 11.5. The lowest BCUT2D eigenvalue weighted by Crippen LogP contribution is -2.45. The van der Waals surface area contributed by atoms with Gasteiger partial charge < -0.3 is 15.4 Å². The van der Waals surface area contributed by atoms with Crippen LogP contribution in [0.5, 0.6) is 0 Å². The first-order valence-electron chi connectivity index (χ1n) is 6.31. The van der Waals surface area contributed by atoms with Gasteiger partial charge in [0.2, 0.25) is 5.91 Å². The Labute approximate surface area is 97.1 Å². The van der Waals surface area contributed by atoms with Crippen molar-refractivity contribution in [1.29, 1.82) is 0 Å². The first-order chi connectivity index (χ1) is 7.68. The molecule has 16 heavy (non-hydrogen) atoms. The van der Waals surface area contributed by atoms with Gasteiger partial charge in [-0.1, -0.05) is 6.92 Å². The predicted molar refractivity (Wildman–Crippen MR) is 62.1 cm³/mol. The molecular weight excluding hydrogens is 204 g/mol. The number of hydrogen-bond acceptors (Lipinski definition) is 3. The molecular formula is C12H22N2O2. The highest BCUT2D eigenvalue weighted by Crippen LogP contribution is 2.18. The molecule has 2 heterocycles. The number of carbonyl (C=O) groups excluding carboxylic acids is 1. The Bertz CT molecular complexity index is 251. The molecule has 2 aliphatic rings. The highest BCUT2D eigenvalue weighted by atomic mass is 16.5. The summed E-state index contributed by atoms with van der Waals surface area (Å²) < 4.78 is 5.57. The van der Waals surface area contributed by atoms with Crippen molar-refractivity contribution in [3.8, 4) is 0 Å². The summed E-state index contributed by atoms with van der Waals surface area (Å²) in [6, 6.07) is 0.141. The molecule has 2 aliphatic heterocycles. The van der Waals surface area contributed by atoms with E-state index in [0.29, 0.717) is 5.92 Å². The van der Waals surface area contributed by atoms with Crippen molar-refractivity contribution in [2.45, 2.75) is 38.8 Å². The lowest BCUT2D eigenvalue weighted by Gasteiger charge is -2.23. The average Bonchev–Trinajstić information content (AvgIpc) is 2.86. The zero-order valence-electron chi connectivity index (χ0n) is 10.2. The van der Waals surface area contributed by atoms with Crippen LogP contribution >= 0.6 is 0 Å². The monoisotopic (exact) mass is 226 g/mol. The van der Waals surface area contributed by atoms with E-state index in [4.69, 9.17) is 4.74 Å². The van der Waals surface area contributed by atoms with Crippen LogP contribution in [0.2, 0.25) is 0 Å². The zero-order valence-corrected chi connectivity index (χ0v) is 10.2. The molecule has 0 saturated carbocycles. The van der Waals surface area contributed by atoms with Crippen LogP contribution < -0.4 is 10.6 Å². The fraction of sp³-hybridized carbons (Fsp3) is 0.917. The normalized spacial score (nSPS) is 36.2. The summed E-state index contributed by atoms with van der Waals surface area (Å²) in [5.74, 6) is 0.751. The Kier molecular flexibility index (Phi) is 3.82. The minimum atomic E-state index is 0.129. The average molecular weight is 226 g/mol. The van der Waals surface area contributed by atoms with E-state index in [-0.39, 0.29) is 24.0 Å². The van der Waals surface area contributed by atoms with Crippen molar-refractivity contribution in [3.63, 3.8) is 0 Å². The number of nitrogens with one attached hydrogen (secondary N) is 2. The molecule has 2 rings (SSSR count). The molecule has 0 radical (unpaired) electrons. The Morgan fingerprint density at radius 3 is 2.88 bits per heavy atom. The van der Waals surface area contributed by atoms with Crippen molar-refractivity contribution in [2.24, 2.45) is 11.8 Å². The van der Waals surface area contributed by atoms with Gasteiger partial charge in [-0.25, -0.2) is 0 Å². The molecule has 92 valence electrons. The second-order valence-electron chi connectivity index (χ2n) is 5.09. The predicted octanol–water partition coefficient (Wildman–Crippen LogP) is 0.526. The highest BCUT2D eigenvalue weighted by molar-refractivity contribution is 5.79. The quantitative estimate of drug-likeness (QED) is 0.738. The van der Waals surface area contributed by atoms with Gasteiger partial charge in [0, 0.05) is 13.2 Å². The molecule has 0 aliphatic carbocycles. The molecule has 4 heteroatoms. The van der Waals surface area contributed by atoms with Crippen LogP contribution in [-0.2, 0) is 9.53 Å². The molecule has 1 amide bonds. The van der Waals surface area contributed by atoms with Crippen molar-refractivity contribution >= 4 is 5.91 Å². The summed E-state index contributed by atoms with van der Waals surface area (Å²) in [6.07, 6.45) is 2.40. The molecule has 4 nitrogen and oxygen atoms in total. The largest absolute Gasteiger partial charge is 0.376 e. The SMILES string of the molecule is CC1CNCC1C(=O)NC(C)C1CCCO1. The summed E-state index contributed by atoms with van der Waals surface area (Å²) in [4.78, 5) is 12.0. The van der Waals surface area contributed by atoms with E-state index < -0.39 is 0 Å². The summed E-state index contributed by atoms with van der Waals surface area (Å²) in [5, 5.41) is 6.34. The third kappa shape index (κ3) is 2.55. The lowest BCUT2D eigenvalue weighted by molar-refractivity contribution is -0.126. The van der Waals surface area contributed by atoms with Gasteiger partial charge in [0.15, 0.2) is 0 Å². The molecule has 0 spiro atoms. The third-order valence-electron chi connectivity index (χ3n) is 3.75. The second-order valence-corrected chi connectivity index (χ2v) is 5.09. The summed E-state index contributed by atoms with van der Waals surface area (Å²) >= 11 is 0. The highest BCUT2D eigenvalue weighted by Gasteiger charge is 2.32. The lowest BCUT2D eigenvalue weighted by atomic mass is 9.96. The standard InChI is InChI=1S/C12H22N2O2/c1-8-6-13-7-10(8)12(15)14-9(2)11-4-3-5-16-11/h8-11,13H,3-7H2,1-2H3,(H,14,15). The van der Waals surface area contributed by atoms with Crippen molar-refractivity contribution < 1.29 is 9.53 Å². The van der Waals surface area contributed by atoms with Gasteiger partial charge in [0.05, 0.1) is 18.1 Å². The number of carbonyl (C=O) groups is 1. The third-order valence-corrected chi connectivity index (χ3v) is 3.75. The van der Waals surface area contributed by atoms with E-state index in [1.165, 1.54) is 0 Å². The van der Waals surface area contributed by atoms with E-state index in [0.717, 1.165) is 32.5 Å². The van der Waals surface area contributed by atoms with Gasteiger partial charge in [-0.2, -0.15) is 0 Å². The molecule has 2 fully saturated rings. The first-order valence-corrected chi connectivity index (χ1v) is 6.31. The van der Waals surface area contributed by atoms with Crippen LogP contribution in [0.15, 0.2) is 0 Å². The van der Waals surface area contributed by atoms with Crippen LogP contribution in [0, 0.1) is 11.8 Å². The Balaban J connectivity index is 1.81. The topological polar surface area (TPSA) is 50.4 Å². The van der Waals surface area contributed by atoms with E-state index in [1.54, 1.807) is 0 Å². The number of rotatable bonds is 3. The maximum atomic E-state index is 12.0. The minimum absolute atomic E-state index is 0.129. The van der Waals surface area contributed by atoms with Crippen LogP contribution in [0.25, 0.3) is 0 Å². The number of hydrogen-bond donors (Lipinski definition) is 2. The molecule has 2 N–H and O–H groups in total. The van der Waals surface area contributed by atoms with Gasteiger partial charge in [0.1, 0.15) is 0 Å². The summed E-state index contributed by atoms with van der Waals surface area (Å²) in [7, 11) is 0. The molecule has 0 aromatic carbocycles. The Hall–Kier alpha value is -0.610. The maximum Gasteiger partial charge on any atom is 0.225 e. The van der Waals surface area contributed by atoms with Crippen LogP contribution in [0.3, 0.4) is 0 Å². The van der Waals surface area contributed by atoms with Gasteiger partial charge in [0.25, 0.3) is 0 Å². The molecule has 2 saturated heterocycles. The van der Waals surface area contributed by atoms with Gasteiger partial charge >= 0.3 is 0 Å². The van der Waals surface area contributed by atoms with Crippen molar-refractivity contribution in [3.05, 3.63) is 0 Å². The number of amides is 1. The van der Waals surface area contributed by atoms with Crippen LogP contribution in [0.1, 0.15) is 26.7 Å². The second kappa shape index (κ2) is 5.15. The fourth-order valence-electron chi connectivity index (χ4n) is 2.58. The molecule has 0 aromatic heterocycles. The van der Waals surface area contributed by atoms with Gasteiger partial charge in [-0.3, -0.25) is 4.79 Å².